The highest BCUT2D eigenvalue weighted by Crippen LogP contribution is 2.46. The van der Waals surface area contributed by atoms with E-state index in [1.165, 1.54) is 12.8 Å². The molecule has 1 aliphatic carbocycles. The molecule has 2 aliphatic rings. The molecule has 1 spiro atoms. The first kappa shape index (κ1) is 13.8. The van der Waals surface area contributed by atoms with Crippen LogP contribution in [0.2, 0.25) is 0 Å². The van der Waals surface area contributed by atoms with Crippen LogP contribution in [0.15, 0.2) is 0 Å². The molecule has 1 saturated heterocycles. The summed E-state index contributed by atoms with van der Waals surface area (Å²) in [6, 6.07) is -0.0716. The topological polar surface area (TPSA) is 58.6 Å². The van der Waals surface area contributed by atoms with Crippen LogP contribution in [0, 0.1) is 11.3 Å². The van der Waals surface area contributed by atoms with Gasteiger partial charge in [-0.1, -0.05) is 20.3 Å². The molecule has 2 N–H and O–H groups in total. The van der Waals surface area contributed by atoms with Gasteiger partial charge in [0.1, 0.15) is 6.04 Å². The van der Waals surface area contributed by atoms with Gasteiger partial charge in [-0.3, -0.25) is 4.79 Å². The predicted molar refractivity (Wildman–Crippen MR) is 69.5 cm³/mol. The average molecular weight is 255 g/mol. The Morgan fingerprint density at radius 2 is 2.00 bits per heavy atom. The molecule has 2 unspecified atom stereocenters. The molecule has 0 aromatic rings. The number of carboxylic acids is 1. The van der Waals surface area contributed by atoms with Crippen molar-refractivity contribution < 1.29 is 14.6 Å². The van der Waals surface area contributed by atoms with E-state index in [0.29, 0.717) is 11.5 Å². The fourth-order valence-corrected chi connectivity index (χ4v) is 3.54. The summed E-state index contributed by atoms with van der Waals surface area (Å²) < 4.78 is 5.46. The maximum atomic E-state index is 11.3. The lowest BCUT2D eigenvalue weighted by Crippen LogP contribution is -2.52. The van der Waals surface area contributed by atoms with E-state index in [-0.39, 0.29) is 5.92 Å². The van der Waals surface area contributed by atoms with Crippen molar-refractivity contribution >= 4 is 5.97 Å². The molecule has 4 nitrogen and oxygen atoms in total. The van der Waals surface area contributed by atoms with Crippen LogP contribution in [0.25, 0.3) is 0 Å². The maximum absolute atomic E-state index is 11.3. The third-order valence-electron chi connectivity index (χ3n) is 4.71. The van der Waals surface area contributed by atoms with E-state index in [1.54, 1.807) is 0 Å². The zero-order chi connectivity index (χ0) is 13.2. The van der Waals surface area contributed by atoms with Crippen LogP contribution < -0.4 is 5.32 Å². The SMILES string of the molecule is CC(C)C(NC1CCCC12CCOCC2)C(=O)O. The number of ether oxygens (including phenoxy) is 1. The van der Waals surface area contributed by atoms with E-state index in [2.05, 4.69) is 5.32 Å². The molecule has 2 rings (SSSR count). The fraction of sp³-hybridized carbons (Fsp3) is 0.929. The Bertz CT molecular complexity index is 297. The fourth-order valence-electron chi connectivity index (χ4n) is 3.54. The van der Waals surface area contributed by atoms with Gasteiger partial charge < -0.3 is 15.2 Å². The predicted octanol–water partition coefficient (Wildman–Crippen LogP) is 2.03. The molecule has 2 atom stereocenters. The van der Waals surface area contributed by atoms with Crippen LogP contribution in [-0.2, 0) is 9.53 Å². The van der Waals surface area contributed by atoms with Gasteiger partial charge in [0, 0.05) is 19.3 Å². The summed E-state index contributed by atoms with van der Waals surface area (Å²) >= 11 is 0. The highest BCUT2D eigenvalue weighted by Gasteiger charge is 2.45. The van der Waals surface area contributed by atoms with Crippen LogP contribution in [0.4, 0.5) is 0 Å². The van der Waals surface area contributed by atoms with E-state index in [0.717, 1.165) is 32.5 Å². The Balaban J connectivity index is 2.04. The van der Waals surface area contributed by atoms with Crippen LogP contribution in [-0.4, -0.2) is 36.4 Å². The molecule has 18 heavy (non-hydrogen) atoms. The van der Waals surface area contributed by atoms with Crippen molar-refractivity contribution in [1.82, 2.24) is 5.32 Å². The molecule has 0 aromatic heterocycles. The first-order valence-corrected chi connectivity index (χ1v) is 7.12. The number of aliphatic carboxylic acids is 1. The molecule has 0 amide bonds. The first-order valence-electron chi connectivity index (χ1n) is 7.12. The summed E-state index contributed by atoms with van der Waals surface area (Å²) in [7, 11) is 0. The summed E-state index contributed by atoms with van der Waals surface area (Å²) in [5.74, 6) is -0.598. The first-order chi connectivity index (χ1) is 8.55. The second-order valence-electron chi connectivity index (χ2n) is 6.15. The van der Waals surface area contributed by atoms with Crippen molar-refractivity contribution in [3.05, 3.63) is 0 Å². The van der Waals surface area contributed by atoms with Crippen LogP contribution in [0.3, 0.4) is 0 Å². The van der Waals surface area contributed by atoms with Crippen molar-refractivity contribution in [2.45, 2.75) is 58.0 Å². The van der Waals surface area contributed by atoms with Crippen molar-refractivity contribution in [3.8, 4) is 0 Å². The van der Waals surface area contributed by atoms with E-state index < -0.39 is 12.0 Å². The lowest BCUT2D eigenvalue weighted by Gasteiger charge is -2.40. The van der Waals surface area contributed by atoms with E-state index in [9.17, 15) is 9.90 Å². The molecule has 104 valence electrons. The molecule has 1 aliphatic heterocycles. The Labute approximate surface area is 109 Å². The summed E-state index contributed by atoms with van der Waals surface area (Å²) in [6.45, 7) is 5.60. The zero-order valence-corrected chi connectivity index (χ0v) is 11.4. The average Bonchev–Trinajstić information content (AvgIpc) is 2.69. The van der Waals surface area contributed by atoms with Crippen molar-refractivity contribution in [2.24, 2.45) is 11.3 Å². The van der Waals surface area contributed by atoms with Gasteiger partial charge in [-0.15, -0.1) is 0 Å². The quantitative estimate of drug-likeness (QED) is 0.807. The highest BCUT2D eigenvalue weighted by molar-refractivity contribution is 5.73. The Kier molecular flexibility index (Phi) is 4.28. The van der Waals surface area contributed by atoms with Gasteiger partial charge >= 0.3 is 5.97 Å². The maximum Gasteiger partial charge on any atom is 0.320 e. The molecule has 2 fully saturated rings. The van der Waals surface area contributed by atoms with Crippen molar-refractivity contribution in [2.75, 3.05) is 13.2 Å². The normalized spacial score (nSPS) is 28.7. The number of nitrogens with one attached hydrogen (secondary N) is 1. The minimum absolute atomic E-state index is 0.125. The van der Waals surface area contributed by atoms with Crippen LogP contribution in [0.1, 0.15) is 46.0 Å². The Morgan fingerprint density at radius 1 is 1.33 bits per heavy atom. The van der Waals surface area contributed by atoms with Gasteiger partial charge in [0.2, 0.25) is 0 Å². The molecule has 1 saturated carbocycles. The Morgan fingerprint density at radius 3 is 2.56 bits per heavy atom. The van der Waals surface area contributed by atoms with Crippen LogP contribution >= 0.6 is 0 Å². The molecular weight excluding hydrogens is 230 g/mol. The monoisotopic (exact) mass is 255 g/mol. The van der Waals surface area contributed by atoms with Crippen LogP contribution in [0.5, 0.6) is 0 Å². The van der Waals surface area contributed by atoms with Gasteiger partial charge in [-0.25, -0.2) is 0 Å². The van der Waals surface area contributed by atoms with Gasteiger partial charge in [0.05, 0.1) is 0 Å². The minimum atomic E-state index is -0.723. The number of hydrogen-bond acceptors (Lipinski definition) is 3. The summed E-state index contributed by atoms with van der Waals surface area (Å²) in [4.78, 5) is 11.3. The largest absolute Gasteiger partial charge is 0.480 e. The highest BCUT2D eigenvalue weighted by atomic mass is 16.5. The van der Waals surface area contributed by atoms with Gasteiger partial charge in [-0.2, -0.15) is 0 Å². The Hall–Kier alpha value is -0.610. The third kappa shape index (κ3) is 2.69. The van der Waals surface area contributed by atoms with Gasteiger partial charge in [0.25, 0.3) is 0 Å². The third-order valence-corrected chi connectivity index (χ3v) is 4.71. The number of carbonyl (C=O) groups is 1. The second-order valence-corrected chi connectivity index (χ2v) is 6.15. The van der Waals surface area contributed by atoms with Crippen molar-refractivity contribution in [3.63, 3.8) is 0 Å². The van der Waals surface area contributed by atoms with Crippen molar-refractivity contribution in [1.29, 1.82) is 0 Å². The minimum Gasteiger partial charge on any atom is -0.480 e. The number of hydrogen-bond donors (Lipinski definition) is 2. The molecule has 0 bridgehead atoms. The summed E-state index contributed by atoms with van der Waals surface area (Å²) in [6.07, 6.45) is 5.70. The standard InChI is InChI=1S/C14H25NO3/c1-10(2)12(13(16)17)15-11-4-3-5-14(11)6-8-18-9-7-14/h10-12,15H,3-9H2,1-2H3,(H,16,17). The lowest BCUT2D eigenvalue weighted by molar-refractivity contribution is -0.141. The zero-order valence-electron chi connectivity index (χ0n) is 11.4. The van der Waals surface area contributed by atoms with E-state index in [4.69, 9.17) is 4.74 Å². The smallest absolute Gasteiger partial charge is 0.320 e. The molecular formula is C14H25NO3. The second kappa shape index (κ2) is 5.57. The molecule has 1 heterocycles. The summed E-state index contributed by atoms with van der Waals surface area (Å²) in [5, 5.41) is 12.7. The van der Waals surface area contributed by atoms with Gasteiger partial charge in [0.15, 0.2) is 0 Å². The lowest BCUT2D eigenvalue weighted by atomic mass is 9.75. The molecule has 4 heteroatoms. The number of rotatable bonds is 4. The molecule has 0 radical (unpaired) electrons. The van der Waals surface area contributed by atoms with E-state index in [1.807, 2.05) is 13.8 Å². The number of carboxylic acid groups (broad SMARTS) is 1. The van der Waals surface area contributed by atoms with Gasteiger partial charge in [-0.05, 0) is 37.0 Å². The molecule has 0 aromatic carbocycles. The van der Waals surface area contributed by atoms with E-state index >= 15 is 0 Å². The summed E-state index contributed by atoms with van der Waals surface area (Å²) in [5.41, 5.74) is 0.292.